The molecule has 152 valence electrons. The van der Waals surface area contributed by atoms with Crippen molar-refractivity contribution in [2.24, 2.45) is 0 Å². The van der Waals surface area contributed by atoms with Gasteiger partial charge >= 0.3 is 10.4 Å². The van der Waals surface area contributed by atoms with Crippen LogP contribution in [0.1, 0.15) is 96.8 Å². The molecule has 0 rings (SSSR count). The van der Waals surface area contributed by atoms with Crippen molar-refractivity contribution in [3.8, 4) is 0 Å². The van der Waals surface area contributed by atoms with E-state index in [-0.39, 0.29) is 6.61 Å². The van der Waals surface area contributed by atoms with Crippen LogP contribution in [0.5, 0.6) is 0 Å². The Morgan fingerprint density at radius 2 is 1.12 bits per heavy atom. The van der Waals surface area contributed by atoms with Crippen LogP contribution in [0, 0.1) is 0 Å². The van der Waals surface area contributed by atoms with Gasteiger partial charge in [-0.3, -0.25) is 4.55 Å². The molecule has 0 unspecified atom stereocenters. The minimum absolute atomic E-state index is 0.0161. The van der Waals surface area contributed by atoms with Gasteiger partial charge in [0.1, 0.15) is 0 Å². The number of unbranched alkanes of at least 4 members (excludes halogenated alkanes) is 10. The Morgan fingerprint density at radius 1 is 0.720 bits per heavy atom. The zero-order chi connectivity index (χ0) is 19.0. The van der Waals surface area contributed by atoms with Gasteiger partial charge < -0.3 is 10.2 Å². The van der Waals surface area contributed by atoms with Gasteiger partial charge in [-0.1, -0.05) is 77.6 Å². The largest absolute Gasteiger partial charge is 0.397 e. The molecule has 0 aliphatic heterocycles. The van der Waals surface area contributed by atoms with E-state index in [4.69, 9.17) is 4.55 Å². The fraction of sp³-hybridized carbons (Fsp3) is 1.00. The van der Waals surface area contributed by atoms with Crippen LogP contribution < -0.4 is 0 Å². The first kappa shape index (κ1) is 24.8. The zero-order valence-corrected chi connectivity index (χ0v) is 16.6. The van der Waals surface area contributed by atoms with E-state index in [1.54, 1.807) is 0 Å². The highest BCUT2D eigenvalue weighted by Crippen LogP contribution is 2.15. The Labute approximate surface area is 153 Å². The summed E-state index contributed by atoms with van der Waals surface area (Å²) in [5.74, 6) is 0. The van der Waals surface area contributed by atoms with Gasteiger partial charge in [0, 0.05) is 0 Å². The van der Waals surface area contributed by atoms with Gasteiger partial charge in [-0.15, -0.1) is 0 Å². The predicted octanol–water partition coefficient (Wildman–Crippen LogP) is 4.01. The van der Waals surface area contributed by atoms with Crippen LogP contribution in [0.15, 0.2) is 0 Å². The fourth-order valence-electron chi connectivity index (χ4n) is 2.85. The summed E-state index contributed by atoms with van der Waals surface area (Å²) in [6.07, 6.45) is 12.5. The molecule has 7 heteroatoms. The van der Waals surface area contributed by atoms with Gasteiger partial charge in [0.25, 0.3) is 0 Å². The molecule has 0 aliphatic rings. The van der Waals surface area contributed by atoms with Crippen LogP contribution in [-0.4, -0.2) is 42.0 Å². The van der Waals surface area contributed by atoms with Gasteiger partial charge in [0.05, 0.1) is 18.8 Å². The predicted molar refractivity (Wildman–Crippen MR) is 99.8 cm³/mol. The summed E-state index contributed by atoms with van der Waals surface area (Å²) in [5, 5.41) is 19.9. The lowest BCUT2D eigenvalue weighted by Crippen LogP contribution is -2.25. The van der Waals surface area contributed by atoms with E-state index < -0.39 is 22.6 Å². The second-order valence-electron chi connectivity index (χ2n) is 6.85. The molecular weight excluding hydrogens is 344 g/mol. The molecule has 0 amide bonds. The number of aliphatic hydroxyl groups is 2. The average Bonchev–Trinajstić information content (AvgIpc) is 2.55. The normalized spacial score (nSPS) is 14.6. The Bertz CT molecular complexity index is 385. The van der Waals surface area contributed by atoms with Crippen LogP contribution in [-0.2, 0) is 14.6 Å². The van der Waals surface area contributed by atoms with Crippen molar-refractivity contribution in [1.29, 1.82) is 0 Å². The molecule has 0 radical (unpaired) electrons. The maximum absolute atomic E-state index is 10.3. The highest BCUT2D eigenvalue weighted by Gasteiger charge is 2.15. The summed E-state index contributed by atoms with van der Waals surface area (Å²) in [7, 11) is -4.31. The van der Waals surface area contributed by atoms with E-state index >= 15 is 0 Å². The number of hydrogen-bond donors (Lipinski definition) is 3. The molecule has 0 aromatic rings. The number of hydrogen-bond acceptors (Lipinski definition) is 5. The van der Waals surface area contributed by atoms with Crippen molar-refractivity contribution in [1.82, 2.24) is 0 Å². The minimum atomic E-state index is -4.31. The lowest BCUT2D eigenvalue weighted by atomic mass is 9.99. The summed E-state index contributed by atoms with van der Waals surface area (Å²) in [6, 6.07) is 0. The van der Waals surface area contributed by atoms with Gasteiger partial charge in [-0.25, -0.2) is 4.18 Å². The summed E-state index contributed by atoms with van der Waals surface area (Å²) in [5.41, 5.74) is 0. The third-order valence-corrected chi connectivity index (χ3v) is 4.89. The van der Waals surface area contributed by atoms with Crippen molar-refractivity contribution in [2.45, 2.75) is 109 Å². The molecule has 25 heavy (non-hydrogen) atoms. The summed E-state index contributed by atoms with van der Waals surface area (Å²) < 4.78 is 33.3. The third-order valence-electron chi connectivity index (χ3n) is 4.42. The van der Waals surface area contributed by atoms with Crippen molar-refractivity contribution < 1.29 is 27.4 Å². The summed E-state index contributed by atoms with van der Waals surface area (Å²) >= 11 is 0. The smallest absolute Gasteiger partial charge is 0.390 e. The maximum Gasteiger partial charge on any atom is 0.397 e. The fourth-order valence-corrected chi connectivity index (χ4v) is 3.17. The molecule has 3 N–H and O–H groups in total. The third kappa shape index (κ3) is 18.4. The molecule has 0 aromatic carbocycles. The first-order valence-corrected chi connectivity index (χ1v) is 11.2. The van der Waals surface area contributed by atoms with E-state index in [0.717, 1.165) is 44.9 Å². The second kappa shape index (κ2) is 16.0. The molecule has 0 saturated carbocycles. The van der Waals surface area contributed by atoms with E-state index in [1.165, 1.54) is 25.7 Å². The van der Waals surface area contributed by atoms with Crippen molar-refractivity contribution in [3.63, 3.8) is 0 Å². The minimum Gasteiger partial charge on any atom is -0.390 e. The first-order valence-electron chi connectivity index (χ1n) is 9.84. The molecule has 0 spiro atoms. The van der Waals surface area contributed by atoms with Crippen molar-refractivity contribution >= 4 is 10.4 Å². The topological polar surface area (TPSA) is 104 Å². The Morgan fingerprint density at radius 3 is 1.56 bits per heavy atom. The van der Waals surface area contributed by atoms with E-state index in [1.807, 2.05) is 0 Å². The highest BCUT2D eigenvalue weighted by molar-refractivity contribution is 7.80. The van der Waals surface area contributed by atoms with Crippen LogP contribution in [0.25, 0.3) is 0 Å². The van der Waals surface area contributed by atoms with Crippen molar-refractivity contribution in [3.05, 3.63) is 0 Å². The molecule has 0 fully saturated rings. The Kier molecular flexibility index (Phi) is 15.9. The standard InChI is InChI=1S/C18H38O6S/c1-2-3-4-5-8-11-14-17(19)18(20)15-12-9-6-7-10-13-16-24-25(21,22)23/h17-20H,2-16H2,1H3,(H,21,22,23)/t17-,18-/m0/s1. The Balaban J connectivity index is 3.40. The molecule has 0 aromatic heterocycles. The second-order valence-corrected chi connectivity index (χ2v) is 7.94. The van der Waals surface area contributed by atoms with Crippen LogP contribution in [0.2, 0.25) is 0 Å². The van der Waals surface area contributed by atoms with Crippen LogP contribution in [0.4, 0.5) is 0 Å². The monoisotopic (exact) mass is 382 g/mol. The number of rotatable bonds is 18. The SMILES string of the molecule is CCCCCCCC[C@H](O)[C@@H](O)CCCCCCCCOS(=O)(=O)O. The summed E-state index contributed by atoms with van der Waals surface area (Å²) in [6.45, 7) is 2.21. The maximum atomic E-state index is 10.3. The molecule has 2 atom stereocenters. The van der Waals surface area contributed by atoms with E-state index in [2.05, 4.69) is 11.1 Å². The number of aliphatic hydroxyl groups excluding tert-OH is 2. The molecule has 0 aliphatic carbocycles. The molecular formula is C18H38O6S. The molecule has 6 nitrogen and oxygen atoms in total. The average molecular weight is 383 g/mol. The van der Waals surface area contributed by atoms with Gasteiger partial charge in [-0.05, 0) is 19.3 Å². The van der Waals surface area contributed by atoms with Crippen LogP contribution >= 0.6 is 0 Å². The van der Waals surface area contributed by atoms with Crippen molar-refractivity contribution in [2.75, 3.05) is 6.61 Å². The lowest BCUT2D eigenvalue weighted by Gasteiger charge is -2.17. The van der Waals surface area contributed by atoms with Crippen LogP contribution in [0.3, 0.4) is 0 Å². The molecule has 0 bridgehead atoms. The first-order chi connectivity index (χ1) is 11.9. The Hall–Kier alpha value is -0.210. The zero-order valence-electron chi connectivity index (χ0n) is 15.7. The summed E-state index contributed by atoms with van der Waals surface area (Å²) in [4.78, 5) is 0. The van der Waals surface area contributed by atoms with Gasteiger partial charge in [0.2, 0.25) is 0 Å². The van der Waals surface area contributed by atoms with E-state index in [0.29, 0.717) is 19.3 Å². The molecule has 0 saturated heterocycles. The van der Waals surface area contributed by atoms with E-state index in [9.17, 15) is 18.6 Å². The quantitative estimate of drug-likeness (QED) is 0.244. The van der Waals surface area contributed by atoms with Gasteiger partial charge in [-0.2, -0.15) is 8.42 Å². The van der Waals surface area contributed by atoms with Gasteiger partial charge in [0.15, 0.2) is 0 Å². The molecule has 0 heterocycles. The lowest BCUT2D eigenvalue weighted by molar-refractivity contribution is 0.00711. The highest BCUT2D eigenvalue weighted by atomic mass is 32.3.